The lowest BCUT2D eigenvalue weighted by molar-refractivity contribution is -0.134. The largest absolute Gasteiger partial charge is 0.466 e. The van der Waals surface area contributed by atoms with E-state index in [1.807, 2.05) is 13.8 Å². The topological polar surface area (TPSA) is 46.5 Å². The summed E-state index contributed by atoms with van der Waals surface area (Å²) in [4.78, 5) is 10.6. The van der Waals surface area contributed by atoms with Gasteiger partial charge in [0, 0.05) is 6.08 Å². The van der Waals surface area contributed by atoms with Crippen molar-refractivity contribution < 1.29 is 14.6 Å². The predicted octanol–water partition coefficient (Wildman–Crippen LogP) is 1.12. The number of methoxy groups -OCH3 is 1. The number of rotatable bonds is 4. The quantitative estimate of drug-likeness (QED) is 0.510. The fourth-order valence-electron chi connectivity index (χ4n) is 0.819. The van der Waals surface area contributed by atoms with Gasteiger partial charge in [-0.15, -0.1) is 0 Å². The standard InChI is InChI=1S/C9H16O3/c1-7(2)6-8(10)4-5-9(11)12-3/h4-5,7-8,10H,6H2,1-3H3/b5-4+/t8-/m1/s1. The zero-order valence-electron chi connectivity index (χ0n) is 7.78. The highest BCUT2D eigenvalue weighted by molar-refractivity contribution is 5.81. The summed E-state index contributed by atoms with van der Waals surface area (Å²) in [5.74, 6) is -0.0138. The number of aliphatic hydroxyl groups is 1. The molecule has 0 aliphatic rings. The van der Waals surface area contributed by atoms with Crippen LogP contribution in [0, 0.1) is 5.92 Å². The van der Waals surface area contributed by atoms with Gasteiger partial charge in [-0.3, -0.25) is 0 Å². The van der Waals surface area contributed by atoms with Gasteiger partial charge in [0.25, 0.3) is 0 Å². The first-order valence-corrected chi connectivity index (χ1v) is 4.00. The summed E-state index contributed by atoms with van der Waals surface area (Å²) in [6.45, 7) is 4.02. The second-order valence-electron chi connectivity index (χ2n) is 3.08. The van der Waals surface area contributed by atoms with Crippen LogP contribution in [-0.2, 0) is 9.53 Å². The lowest BCUT2D eigenvalue weighted by Crippen LogP contribution is -2.07. The summed E-state index contributed by atoms with van der Waals surface area (Å²) < 4.78 is 4.37. The first-order chi connectivity index (χ1) is 5.56. The van der Waals surface area contributed by atoms with E-state index in [-0.39, 0.29) is 0 Å². The summed E-state index contributed by atoms with van der Waals surface area (Å²) >= 11 is 0. The van der Waals surface area contributed by atoms with Gasteiger partial charge in [0.1, 0.15) is 0 Å². The van der Waals surface area contributed by atoms with Crippen molar-refractivity contribution in [1.29, 1.82) is 0 Å². The number of hydrogen-bond donors (Lipinski definition) is 1. The first-order valence-electron chi connectivity index (χ1n) is 4.00. The third-order valence-corrected chi connectivity index (χ3v) is 1.37. The molecule has 0 spiro atoms. The predicted molar refractivity (Wildman–Crippen MR) is 46.6 cm³/mol. The smallest absolute Gasteiger partial charge is 0.330 e. The molecule has 70 valence electrons. The third kappa shape index (κ3) is 5.92. The molecule has 0 aromatic carbocycles. The van der Waals surface area contributed by atoms with Crippen molar-refractivity contribution in [2.45, 2.75) is 26.4 Å². The summed E-state index contributed by atoms with van der Waals surface area (Å²) in [5, 5.41) is 9.27. The van der Waals surface area contributed by atoms with E-state index in [9.17, 15) is 9.90 Å². The maximum Gasteiger partial charge on any atom is 0.330 e. The molecule has 12 heavy (non-hydrogen) atoms. The van der Waals surface area contributed by atoms with Crippen LogP contribution in [0.5, 0.6) is 0 Å². The van der Waals surface area contributed by atoms with Crippen LogP contribution >= 0.6 is 0 Å². The Morgan fingerprint density at radius 3 is 2.58 bits per heavy atom. The number of aliphatic hydroxyl groups excluding tert-OH is 1. The van der Waals surface area contributed by atoms with Crippen LogP contribution in [0.1, 0.15) is 20.3 Å². The molecule has 0 unspecified atom stereocenters. The molecule has 3 heteroatoms. The molecule has 0 radical (unpaired) electrons. The first kappa shape index (κ1) is 11.2. The summed E-state index contributed by atoms with van der Waals surface area (Å²) in [5.41, 5.74) is 0. The van der Waals surface area contributed by atoms with E-state index in [1.165, 1.54) is 19.3 Å². The van der Waals surface area contributed by atoms with E-state index in [0.29, 0.717) is 12.3 Å². The molecule has 0 aromatic rings. The molecule has 0 aliphatic carbocycles. The van der Waals surface area contributed by atoms with E-state index >= 15 is 0 Å². The lowest BCUT2D eigenvalue weighted by Gasteiger charge is -2.07. The van der Waals surface area contributed by atoms with E-state index in [0.717, 1.165) is 0 Å². The molecular weight excluding hydrogens is 156 g/mol. The Labute approximate surface area is 73.0 Å². The molecule has 0 saturated carbocycles. The molecule has 0 heterocycles. The molecule has 0 saturated heterocycles. The van der Waals surface area contributed by atoms with Gasteiger partial charge in [-0.1, -0.05) is 13.8 Å². The Balaban J connectivity index is 3.74. The molecule has 0 amide bonds. The van der Waals surface area contributed by atoms with Crippen molar-refractivity contribution >= 4 is 5.97 Å². The van der Waals surface area contributed by atoms with Crippen LogP contribution < -0.4 is 0 Å². The van der Waals surface area contributed by atoms with Crippen molar-refractivity contribution in [1.82, 2.24) is 0 Å². The van der Waals surface area contributed by atoms with Crippen LogP contribution in [0.3, 0.4) is 0 Å². The molecule has 0 fully saturated rings. The summed E-state index contributed by atoms with van der Waals surface area (Å²) in [7, 11) is 1.31. The van der Waals surface area contributed by atoms with Crippen molar-refractivity contribution in [3.63, 3.8) is 0 Å². The fourth-order valence-corrected chi connectivity index (χ4v) is 0.819. The molecular formula is C9H16O3. The SMILES string of the molecule is COC(=O)/C=C/[C@@H](O)CC(C)C. The van der Waals surface area contributed by atoms with Crippen molar-refractivity contribution in [3.8, 4) is 0 Å². The average molecular weight is 172 g/mol. The van der Waals surface area contributed by atoms with Crippen molar-refractivity contribution in [3.05, 3.63) is 12.2 Å². The van der Waals surface area contributed by atoms with Gasteiger partial charge in [0.05, 0.1) is 13.2 Å². The van der Waals surface area contributed by atoms with Gasteiger partial charge in [-0.2, -0.15) is 0 Å². The Bertz CT molecular complexity index is 161. The Morgan fingerprint density at radius 1 is 1.58 bits per heavy atom. The highest BCUT2D eigenvalue weighted by atomic mass is 16.5. The van der Waals surface area contributed by atoms with Crippen molar-refractivity contribution in [2.24, 2.45) is 5.92 Å². The molecule has 0 aromatic heterocycles. The Morgan fingerprint density at radius 2 is 2.17 bits per heavy atom. The zero-order chi connectivity index (χ0) is 9.56. The van der Waals surface area contributed by atoms with Gasteiger partial charge in [-0.25, -0.2) is 4.79 Å². The number of carbonyl (C=O) groups is 1. The normalized spacial score (nSPS) is 13.8. The summed E-state index contributed by atoms with van der Waals surface area (Å²) in [6, 6.07) is 0. The van der Waals surface area contributed by atoms with Gasteiger partial charge < -0.3 is 9.84 Å². The molecule has 0 aliphatic heterocycles. The molecule has 0 rings (SSSR count). The Kier molecular flexibility index (Phi) is 5.37. The number of hydrogen-bond acceptors (Lipinski definition) is 3. The minimum absolute atomic E-state index is 0.419. The fraction of sp³-hybridized carbons (Fsp3) is 0.667. The van der Waals surface area contributed by atoms with E-state index in [4.69, 9.17) is 0 Å². The highest BCUT2D eigenvalue weighted by Crippen LogP contribution is 2.04. The van der Waals surface area contributed by atoms with Gasteiger partial charge in [-0.05, 0) is 18.4 Å². The lowest BCUT2D eigenvalue weighted by atomic mass is 10.1. The van der Waals surface area contributed by atoms with Gasteiger partial charge >= 0.3 is 5.97 Å². The second-order valence-corrected chi connectivity index (χ2v) is 3.08. The minimum atomic E-state index is -0.552. The zero-order valence-corrected chi connectivity index (χ0v) is 7.78. The van der Waals surface area contributed by atoms with Gasteiger partial charge in [0.2, 0.25) is 0 Å². The average Bonchev–Trinajstić information content (AvgIpc) is 1.99. The number of esters is 1. The number of carbonyl (C=O) groups excluding carboxylic acids is 1. The van der Waals surface area contributed by atoms with E-state index < -0.39 is 12.1 Å². The Hall–Kier alpha value is -0.830. The van der Waals surface area contributed by atoms with E-state index in [1.54, 1.807) is 0 Å². The van der Waals surface area contributed by atoms with E-state index in [2.05, 4.69) is 4.74 Å². The van der Waals surface area contributed by atoms with Crippen LogP contribution in [0.4, 0.5) is 0 Å². The molecule has 1 N–H and O–H groups in total. The third-order valence-electron chi connectivity index (χ3n) is 1.37. The summed E-state index contributed by atoms with van der Waals surface area (Å²) in [6.07, 6.45) is 2.80. The molecule has 1 atom stereocenters. The number of ether oxygens (including phenoxy) is 1. The maximum absolute atomic E-state index is 10.6. The van der Waals surface area contributed by atoms with Crippen LogP contribution in [0.25, 0.3) is 0 Å². The maximum atomic E-state index is 10.6. The molecule has 0 bridgehead atoms. The molecule has 3 nitrogen and oxygen atoms in total. The van der Waals surface area contributed by atoms with Crippen LogP contribution in [0.15, 0.2) is 12.2 Å². The van der Waals surface area contributed by atoms with Crippen molar-refractivity contribution in [2.75, 3.05) is 7.11 Å². The highest BCUT2D eigenvalue weighted by Gasteiger charge is 2.03. The van der Waals surface area contributed by atoms with Gasteiger partial charge in [0.15, 0.2) is 0 Å². The minimum Gasteiger partial charge on any atom is -0.466 e. The van der Waals surface area contributed by atoms with Crippen LogP contribution in [0.2, 0.25) is 0 Å². The second kappa shape index (κ2) is 5.77. The van der Waals surface area contributed by atoms with Crippen LogP contribution in [-0.4, -0.2) is 24.3 Å². The monoisotopic (exact) mass is 172 g/mol.